The SMILES string of the molecule is Cc1ccc(C)c(C2=NN(C(=O)CN3CCNCC3)C(c3ccccc3Cl)C2)c1. The molecule has 1 saturated heterocycles. The number of benzene rings is 2. The first kappa shape index (κ1) is 20.1. The van der Waals surface area contributed by atoms with Crippen molar-refractivity contribution in [2.45, 2.75) is 26.3 Å². The van der Waals surface area contributed by atoms with Gasteiger partial charge in [-0.1, -0.05) is 47.5 Å². The van der Waals surface area contributed by atoms with Gasteiger partial charge in [-0.05, 0) is 37.1 Å². The molecule has 0 aliphatic carbocycles. The highest BCUT2D eigenvalue weighted by atomic mass is 35.5. The highest BCUT2D eigenvalue weighted by molar-refractivity contribution is 6.31. The minimum Gasteiger partial charge on any atom is -0.314 e. The van der Waals surface area contributed by atoms with Crippen molar-refractivity contribution in [2.75, 3.05) is 32.7 Å². The van der Waals surface area contributed by atoms with E-state index in [1.807, 2.05) is 24.3 Å². The Bertz CT molecular complexity index is 936. The number of piperazine rings is 1. The smallest absolute Gasteiger partial charge is 0.257 e. The van der Waals surface area contributed by atoms with E-state index in [0.717, 1.165) is 43.0 Å². The maximum atomic E-state index is 13.3. The van der Waals surface area contributed by atoms with E-state index in [0.29, 0.717) is 18.0 Å². The van der Waals surface area contributed by atoms with Gasteiger partial charge in [0.05, 0.1) is 18.3 Å². The maximum absolute atomic E-state index is 13.3. The quantitative estimate of drug-likeness (QED) is 0.838. The van der Waals surface area contributed by atoms with E-state index in [9.17, 15) is 4.79 Å². The molecule has 2 aromatic carbocycles. The summed E-state index contributed by atoms with van der Waals surface area (Å²) in [4.78, 5) is 15.4. The van der Waals surface area contributed by atoms with E-state index < -0.39 is 0 Å². The van der Waals surface area contributed by atoms with Crippen LogP contribution in [0.4, 0.5) is 0 Å². The van der Waals surface area contributed by atoms with Crippen molar-refractivity contribution in [1.29, 1.82) is 0 Å². The van der Waals surface area contributed by atoms with Crippen molar-refractivity contribution in [2.24, 2.45) is 5.10 Å². The molecule has 2 heterocycles. The topological polar surface area (TPSA) is 47.9 Å². The summed E-state index contributed by atoms with van der Waals surface area (Å²) in [6.07, 6.45) is 0.668. The van der Waals surface area contributed by atoms with Crippen molar-refractivity contribution in [3.05, 3.63) is 69.7 Å². The molecule has 0 bridgehead atoms. The second-order valence-corrected chi connectivity index (χ2v) is 8.28. The van der Waals surface area contributed by atoms with Gasteiger partial charge in [-0.2, -0.15) is 5.10 Å². The molecular formula is C23H27ClN4O. The van der Waals surface area contributed by atoms with Crippen molar-refractivity contribution in [3.63, 3.8) is 0 Å². The molecule has 1 atom stereocenters. The summed E-state index contributed by atoms with van der Waals surface area (Å²) < 4.78 is 0. The third-order valence-electron chi connectivity index (χ3n) is 5.70. The van der Waals surface area contributed by atoms with Gasteiger partial charge in [-0.15, -0.1) is 0 Å². The number of rotatable bonds is 4. The molecule has 0 aromatic heterocycles. The Morgan fingerprint density at radius 3 is 2.69 bits per heavy atom. The second-order valence-electron chi connectivity index (χ2n) is 7.87. The molecule has 1 amide bonds. The van der Waals surface area contributed by atoms with Crippen LogP contribution in [0.2, 0.25) is 5.02 Å². The molecule has 29 heavy (non-hydrogen) atoms. The van der Waals surface area contributed by atoms with Crippen LogP contribution >= 0.6 is 11.6 Å². The van der Waals surface area contributed by atoms with E-state index in [4.69, 9.17) is 16.7 Å². The fourth-order valence-electron chi connectivity index (χ4n) is 4.07. The first-order valence-corrected chi connectivity index (χ1v) is 10.6. The minimum absolute atomic E-state index is 0.0251. The van der Waals surface area contributed by atoms with Gasteiger partial charge in [-0.3, -0.25) is 9.69 Å². The number of carbonyl (C=O) groups excluding carboxylic acids is 1. The number of halogens is 1. The number of hydrogen-bond acceptors (Lipinski definition) is 4. The van der Waals surface area contributed by atoms with Gasteiger partial charge >= 0.3 is 0 Å². The van der Waals surface area contributed by atoms with Crippen molar-refractivity contribution < 1.29 is 4.79 Å². The lowest BCUT2D eigenvalue weighted by molar-refractivity contribution is -0.134. The number of aryl methyl sites for hydroxylation is 2. The van der Waals surface area contributed by atoms with Crippen LogP contribution in [0.5, 0.6) is 0 Å². The Balaban J connectivity index is 1.66. The summed E-state index contributed by atoms with van der Waals surface area (Å²) in [5.41, 5.74) is 5.37. The van der Waals surface area contributed by atoms with Crippen LogP contribution in [0, 0.1) is 13.8 Å². The van der Waals surface area contributed by atoms with Crippen LogP contribution in [0.3, 0.4) is 0 Å². The Kier molecular flexibility index (Phi) is 5.99. The largest absolute Gasteiger partial charge is 0.314 e. The van der Waals surface area contributed by atoms with Crippen molar-refractivity contribution in [1.82, 2.24) is 15.2 Å². The molecule has 152 valence electrons. The van der Waals surface area contributed by atoms with Crippen LogP contribution in [-0.2, 0) is 4.79 Å². The predicted molar refractivity (Wildman–Crippen MR) is 117 cm³/mol. The average Bonchev–Trinajstić information content (AvgIpc) is 3.16. The second kappa shape index (κ2) is 8.66. The summed E-state index contributed by atoms with van der Waals surface area (Å²) in [7, 11) is 0. The summed E-state index contributed by atoms with van der Waals surface area (Å²) in [6, 6.07) is 14.0. The van der Waals surface area contributed by atoms with Gasteiger partial charge in [0.15, 0.2) is 0 Å². The highest BCUT2D eigenvalue weighted by Gasteiger charge is 2.35. The average molecular weight is 411 g/mol. The third-order valence-corrected chi connectivity index (χ3v) is 6.05. The Morgan fingerprint density at radius 2 is 1.93 bits per heavy atom. The molecular weight excluding hydrogens is 384 g/mol. The lowest BCUT2D eigenvalue weighted by Crippen LogP contribution is -2.47. The van der Waals surface area contributed by atoms with Crippen LogP contribution in [-0.4, -0.2) is 54.3 Å². The zero-order valence-electron chi connectivity index (χ0n) is 17.0. The standard InChI is InChI=1S/C23H27ClN4O/c1-16-7-8-17(2)19(13-16)21-14-22(18-5-3-4-6-20(18)24)28(26-21)23(29)15-27-11-9-25-10-12-27/h3-8,13,22,25H,9-12,14-15H2,1-2H3. The molecule has 2 aliphatic rings. The van der Waals surface area contributed by atoms with E-state index in [1.54, 1.807) is 5.01 Å². The van der Waals surface area contributed by atoms with Crippen LogP contribution in [0.25, 0.3) is 0 Å². The maximum Gasteiger partial charge on any atom is 0.257 e. The molecule has 0 radical (unpaired) electrons. The number of hydrogen-bond donors (Lipinski definition) is 1. The van der Waals surface area contributed by atoms with Crippen molar-refractivity contribution >= 4 is 23.2 Å². The van der Waals surface area contributed by atoms with Gasteiger partial charge in [0, 0.05) is 43.2 Å². The van der Waals surface area contributed by atoms with Gasteiger partial charge in [0.2, 0.25) is 0 Å². The molecule has 1 fully saturated rings. The molecule has 0 spiro atoms. The molecule has 4 rings (SSSR count). The molecule has 2 aliphatic heterocycles. The number of hydrazone groups is 1. The first-order chi connectivity index (χ1) is 14.0. The predicted octanol–water partition coefficient (Wildman–Crippen LogP) is 3.54. The van der Waals surface area contributed by atoms with Gasteiger partial charge in [0.1, 0.15) is 0 Å². The van der Waals surface area contributed by atoms with E-state index >= 15 is 0 Å². The number of amides is 1. The molecule has 2 aromatic rings. The highest BCUT2D eigenvalue weighted by Crippen LogP contribution is 2.36. The molecule has 6 heteroatoms. The normalized spacial score (nSPS) is 20.0. The van der Waals surface area contributed by atoms with E-state index in [1.165, 1.54) is 11.1 Å². The third kappa shape index (κ3) is 4.37. The van der Waals surface area contributed by atoms with Crippen LogP contribution < -0.4 is 5.32 Å². The zero-order chi connectivity index (χ0) is 20.4. The van der Waals surface area contributed by atoms with E-state index in [-0.39, 0.29) is 11.9 Å². The zero-order valence-corrected chi connectivity index (χ0v) is 17.7. The van der Waals surface area contributed by atoms with Crippen LogP contribution in [0.15, 0.2) is 47.6 Å². The lowest BCUT2D eigenvalue weighted by Gasteiger charge is -2.29. The van der Waals surface area contributed by atoms with Gasteiger partial charge in [-0.25, -0.2) is 5.01 Å². The Hall–Kier alpha value is -2.21. The molecule has 0 saturated carbocycles. The van der Waals surface area contributed by atoms with Gasteiger partial charge in [0.25, 0.3) is 5.91 Å². The fraction of sp³-hybridized carbons (Fsp3) is 0.391. The van der Waals surface area contributed by atoms with Crippen molar-refractivity contribution in [3.8, 4) is 0 Å². The monoisotopic (exact) mass is 410 g/mol. The Morgan fingerprint density at radius 1 is 1.17 bits per heavy atom. The molecule has 1 unspecified atom stereocenters. The van der Waals surface area contributed by atoms with E-state index in [2.05, 4.69) is 42.3 Å². The first-order valence-electron chi connectivity index (χ1n) is 10.2. The summed E-state index contributed by atoms with van der Waals surface area (Å²) in [5.74, 6) is 0.0251. The lowest BCUT2D eigenvalue weighted by atomic mass is 9.95. The van der Waals surface area contributed by atoms with Crippen LogP contribution in [0.1, 0.15) is 34.7 Å². The number of nitrogens with one attached hydrogen (secondary N) is 1. The van der Waals surface area contributed by atoms with Gasteiger partial charge < -0.3 is 5.32 Å². The Labute approximate surface area is 177 Å². The fourth-order valence-corrected chi connectivity index (χ4v) is 4.33. The molecule has 1 N–H and O–H groups in total. The summed E-state index contributed by atoms with van der Waals surface area (Å²) >= 11 is 6.51. The number of carbonyl (C=O) groups is 1. The summed E-state index contributed by atoms with van der Waals surface area (Å²) in [5, 5.41) is 10.5. The minimum atomic E-state index is -0.172. The summed E-state index contributed by atoms with van der Waals surface area (Å²) in [6.45, 7) is 8.14. The molecule has 5 nitrogen and oxygen atoms in total. The number of nitrogens with zero attached hydrogens (tertiary/aromatic N) is 3.